The van der Waals surface area contributed by atoms with Gasteiger partial charge in [0, 0.05) is 17.1 Å². The molecule has 7 nitrogen and oxygen atoms in total. The number of hydrogen-bond acceptors (Lipinski definition) is 5. The van der Waals surface area contributed by atoms with E-state index in [1.165, 1.54) is 18.2 Å². The maximum Gasteiger partial charge on any atom is 0.343 e. The minimum Gasteiger partial charge on any atom is -0.507 e. The predicted octanol–water partition coefficient (Wildman–Crippen LogP) is 2.79. The number of amides is 3. The second-order valence-electron chi connectivity index (χ2n) is 5.21. The summed E-state index contributed by atoms with van der Waals surface area (Å²) in [6, 6.07) is 11.4. The van der Waals surface area contributed by atoms with Crippen molar-refractivity contribution in [2.24, 2.45) is 0 Å². The third kappa shape index (κ3) is 4.97. The minimum absolute atomic E-state index is 0.191. The number of imide groups is 1. The van der Waals surface area contributed by atoms with Crippen LogP contribution in [0.15, 0.2) is 48.5 Å². The van der Waals surface area contributed by atoms with Crippen molar-refractivity contribution in [2.75, 3.05) is 6.54 Å². The van der Waals surface area contributed by atoms with Crippen molar-refractivity contribution in [3.63, 3.8) is 0 Å². The highest BCUT2D eigenvalue weighted by Crippen LogP contribution is 2.25. The molecule has 2 aromatic rings. The Morgan fingerprint density at radius 3 is 2.50 bits per heavy atom. The molecule has 0 heterocycles. The van der Waals surface area contributed by atoms with Gasteiger partial charge < -0.3 is 15.2 Å². The van der Waals surface area contributed by atoms with Crippen LogP contribution in [0.3, 0.4) is 0 Å². The molecule has 0 radical (unpaired) electrons. The third-order valence-electron chi connectivity index (χ3n) is 3.32. The summed E-state index contributed by atoms with van der Waals surface area (Å²) in [6.45, 7) is 2.02. The Balaban J connectivity index is 2.27. The van der Waals surface area contributed by atoms with E-state index in [1.807, 2.05) is 0 Å². The van der Waals surface area contributed by atoms with Crippen LogP contribution in [0, 0.1) is 0 Å². The quantitative estimate of drug-likeness (QED) is 0.696. The Morgan fingerprint density at radius 1 is 1.15 bits per heavy atom. The molecule has 2 aromatic carbocycles. The van der Waals surface area contributed by atoms with Crippen LogP contribution in [0.5, 0.6) is 5.75 Å². The summed E-state index contributed by atoms with van der Waals surface area (Å²) in [4.78, 5) is 36.4. The maximum atomic E-state index is 12.4. The minimum atomic E-state index is -1.38. The summed E-state index contributed by atoms with van der Waals surface area (Å²) >= 11 is 5.83. The normalized spacial score (nSPS) is 11.3. The van der Waals surface area contributed by atoms with Gasteiger partial charge in [-0.25, -0.2) is 9.59 Å². The van der Waals surface area contributed by atoms with Crippen LogP contribution in [0.2, 0.25) is 5.02 Å². The van der Waals surface area contributed by atoms with Crippen molar-refractivity contribution in [1.29, 1.82) is 0 Å². The zero-order chi connectivity index (χ0) is 19.1. The number of aromatic hydroxyl groups is 1. The van der Waals surface area contributed by atoms with Gasteiger partial charge in [-0.1, -0.05) is 41.9 Å². The highest BCUT2D eigenvalue weighted by atomic mass is 35.5. The summed E-state index contributed by atoms with van der Waals surface area (Å²) in [5.74, 6) is -2.11. The first-order chi connectivity index (χ1) is 12.4. The van der Waals surface area contributed by atoms with E-state index in [9.17, 15) is 19.5 Å². The Morgan fingerprint density at radius 2 is 1.85 bits per heavy atom. The number of carbonyl (C=O) groups excluding carboxylic acids is 3. The number of hydrogen-bond donors (Lipinski definition) is 3. The van der Waals surface area contributed by atoms with Gasteiger partial charge in [0.05, 0.1) is 0 Å². The first-order valence-corrected chi connectivity index (χ1v) is 8.13. The third-order valence-corrected chi connectivity index (χ3v) is 3.55. The molecule has 0 spiro atoms. The molecule has 0 saturated heterocycles. The van der Waals surface area contributed by atoms with E-state index in [-0.39, 0.29) is 16.3 Å². The lowest BCUT2D eigenvalue weighted by Gasteiger charge is -2.18. The van der Waals surface area contributed by atoms with Gasteiger partial charge in [0.2, 0.25) is 6.10 Å². The van der Waals surface area contributed by atoms with Gasteiger partial charge in [0.25, 0.3) is 5.91 Å². The lowest BCUT2D eigenvalue weighted by atomic mass is 10.1. The molecule has 0 fully saturated rings. The highest BCUT2D eigenvalue weighted by Gasteiger charge is 2.28. The number of phenolic OH excluding ortho intramolecular Hbond substituents is 1. The van der Waals surface area contributed by atoms with Gasteiger partial charge in [-0.15, -0.1) is 0 Å². The van der Waals surface area contributed by atoms with Crippen LogP contribution in [0.1, 0.15) is 28.9 Å². The molecule has 136 valence electrons. The Labute approximate surface area is 154 Å². The molecular formula is C18H17ClN2O5. The first kappa shape index (κ1) is 19.3. The number of phenols is 1. The zero-order valence-electron chi connectivity index (χ0n) is 13.9. The Kier molecular flexibility index (Phi) is 6.57. The lowest BCUT2D eigenvalue weighted by Crippen LogP contribution is -2.42. The second-order valence-corrected chi connectivity index (χ2v) is 5.64. The summed E-state index contributed by atoms with van der Waals surface area (Å²) in [6.07, 6.45) is -1.38. The SMILES string of the molecule is CCNC(=O)NC(=O)C(OC(=O)c1cc(Cl)ccc1O)c1ccccc1. The molecule has 2 rings (SSSR count). The number of carbonyl (C=O) groups is 3. The van der Waals surface area contributed by atoms with Crippen LogP contribution < -0.4 is 10.6 Å². The van der Waals surface area contributed by atoms with Gasteiger partial charge in [-0.3, -0.25) is 10.1 Å². The van der Waals surface area contributed by atoms with Gasteiger partial charge in [-0.05, 0) is 25.1 Å². The number of rotatable bonds is 5. The maximum absolute atomic E-state index is 12.4. The van der Waals surface area contributed by atoms with Crippen LogP contribution in [0.25, 0.3) is 0 Å². The number of urea groups is 1. The molecule has 8 heteroatoms. The Bertz CT molecular complexity index is 810. The van der Waals surface area contributed by atoms with Crippen LogP contribution in [0.4, 0.5) is 4.79 Å². The smallest absolute Gasteiger partial charge is 0.343 e. The molecule has 1 atom stereocenters. The summed E-state index contributed by atoms with van der Waals surface area (Å²) in [7, 11) is 0. The van der Waals surface area contributed by atoms with Gasteiger partial charge in [0.1, 0.15) is 11.3 Å². The molecule has 0 saturated carbocycles. The second kappa shape index (κ2) is 8.87. The van der Waals surface area contributed by atoms with Gasteiger partial charge in [0.15, 0.2) is 0 Å². The molecule has 0 aliphatic carbocycles. The van der Waals surface area contributed by atoms with E-state index >= 15 is 0 Å². The molecule has 3 amide bonds. The van der Waals surface area contributed by atoms with Gasteiger partial charge >= 0.3 is 12.0 Å². The summed E-state index contributed by atoms with van der Waals surface area (Å²) in [5, 5.41) is 14.6. The molecule has 26 heavy (non-hydrogen) atoms. The molecule has 3 N–H and O–H groups in total. The molecule has 0 aliphatic rings. The number of benzene rings is 2. The van der Waals surface area contributed by atoms with E-state index in [4.69, 9.17) is 16.3 Å². The number of ether oxygens (including phenoxy) is 1. The highest BCUT2D eigenvalue weighted by molar-refractivity contribution is 6.31. The van der Waals surface area contributed by atoms with E-state index in [2.05, 4.69) is 10.6 Å². The van der Waals surface area contributed by atoms with Crippen molar-refractivity contribution >= 4 is 29.5 Å². The number of nitrogens with one attached hydrogen (secondary N) is 2. The van der Waals surface area contributed by atoms with Crippen LogP contribution in [-0.4, -0.2) is 29.6 Å². The van der Waals surface area contributed by atoms with Crippen molar-refractivity contribution in [2.45, 2.75) is 13.0 Å². The Hall–Kier alpha value is -3.06. The molecule has 0 aromatic heterocycles. The molecule has 0 aliphatic heterocycles. The van der Waals surface area contributed by atoms with Crippen molar-refractivity contribution < 1.29 is 24.2 Å². The summed E-state index contributed by atoms with van der Waals surface area (Å²) in [5.41, 5.74) is 0.174. The monoisotopic (exact) mass is 376 g/mol. The topological polar surface area (TPSA) is 105 Å². The van der Waals surface area contributed by atoms with E-state index in [1.54, 1.807) is 37.3 Å². The number of halogens is 1. The molecule has 1 unspecified atom stereocenters. The lowest BCUT2D eigenvalue weighted by molar-refractivity contribution is -0.129. The van der Waals surface area contributed by atoms with E-state index < -0.39 is 24.0 Å². The fourth-order valence-corrected chi connectivity index (χ4v) is 2.30. The largest absolute Gasteiger partial charge is 0.507 e. The predicted molar refractivity (Wildman–Crippen MR) is 94.9 cm³/mol. The standard InChI is InChI=1S/C18H17ClN2O5/c1-2-20-18(25)21-16(23)15(11-6-4-3-5-7-11)26-17(24)13-10-12(19)8-9-14(13)22/h3-10,15,22H,2H2,1H3,(H2,20,21,23,25). The van der Waals surface area contributed by atoms with Gasteiger partial charge in [-0.2, -0.15) is 0 Å². The van der Waals surface area contributed by atoms with E-state index in [0.29, 0.717) is 12.1 Å². The van der Waals surface area contributed by atoms with Crippen LogP contribution >= 0.6 is 11.6 Å². The molecule has 0 bridgehead atoms. The molecular weight excluding hydrogens is 360 g/mol. The zero-order valence-corrected chi connectivity index (χ0v) is 14.6. The first-order valence-electron chi connectivity index (χ1n) is 7.75. The fraction of sp³-hybridized carbons (Fsp3) is 0.167. The number of esters is 1. The van der Waals surface area contributed by atoms with Crippen LogP contribution in [-0.2, 0) is 9.53 Å². The fourth-order valence-electron chi connectivity index (χ4n) is 2.13. The van der Waals surface area contributed by atoms with Crippen molar-refractivity contribution in [3.8, 4) is 5.75 Å². The van der Waals surface area contributed by atoms with E-state index in [0.717, 1.165) is 0 Å². The van der Waals surface area contributed by atoms with Crippen molar-refractivity contribution in [3.05, 3.63) is 64.7 Å². The average Bonchev–Trinajstić information content (AvgIpc) is 2.62. The van der Waals surface area contributed by atoms with Crippen molar-refractivity contribution in [1.82, 2.24) is 10.6 Å². The summed E-state index contributed by atoms with van der Waals surface area (Å²) < 4.78 is 5.25. The average molecular weight is 377 g/mol.